The van der Waals surface area contributed by atoms with Crippen LogP contribution >= 0.6 is 15.9 Å². The highest BCUT2D eigenvalue weighted by Crippen LogP contribution is 2.44. The lowest BCUT2D eigenvalue weighted by atomic mass is 9.91. The predicted octanol–water partition coefficient (Wildman–Crippen LogP) is 2.33. The summed E-state index contributed by atoms with van der Waals surface area (Å²) in [5.74, 6) is 0.571. The van der Waals surface area contributed by atoms with E-state index in [0.29, 0.717) is 5.92 Å². The van der Waals surface area contributed by atoms with Crippen LogP contribution in [0, 0.1) is 5.92 Å². The topological polar surface area (TPSA) is 26.0 Å². The minimum absolute atomic E-state index is 0.143. The highest BCUT2D eigenvalue weighted by molar-refractivity contribution is 9.11. The number of allylic oxidation sites excluding steroid dienone is 3. The zero-order chi connectivity index (χ0) is 7.90. The van der Waals surface area contributed by atoms with Gasteiger partial charge in [-0.1, -0.05) is 34.2 Å². The van der Waals surface area contributed by atoms with Crippen molar-refractivity contribution in [2.75, 3.05) is 0 Å². The van der Waals surface area contributed by atoms with Gasteiger partial charge in [0.05, 0.1) is 0 Å². The number of halogens is 1. The fourth-order valence-electron chi connectivity index (χ4n) is 1.56. The van der Waals surface area contributed by atoms with Crippen LogP contribution in [0.3, 0.4) is 0 Å². The molecule has 11 heavy (non-hydrogen) atoms. The highest BCUT2D eigenvalue weighted by Gasteiger charge is 2.44. The van der Waals surface area contributed by atoms with Crippen molar-refractivity contribution in [1.29, 1.82) is 0 Å². The molecule has 1 unspecified atom stereocenters. The summed E-state index contributed by atoms with van der Waals surface area (Å²) in [4.78, 5) is 0. The fraction of sp³-hybridized carbons (Fsp3) is 0.556. The molecule has 1 saturated carbocycles. The molecule has 0 bridgehead atoms. The van der Waals surface area contributed by atoms with Crippen LogP contribution in [0.25, 0.3) is 0 Å². The Labute approximate surface area is 75.5 Å². The van der Waals surface area contributed by atoms with E-state index in [1.54, 1.807) is 0 Å². The molecule has 0 saturated heterocycles. The maximum Gasteiger partial charge on any atom is 0.0222 e. The average Bonchev–Trinajstić information content (AvgIpc) is 2.70. The number of nitrogens with two attached hydrogens (primary N) is 1. The van der Waals surface area contributed by atoms with E-state index in [2.05, 4.69) is 34.2 Å². The zero-order valence-electron chi connectivity index (χ0n) is 6.39. The second kappa shape index (κ2) is 2.46. The summed E-state index contributed by atoms with van der Waals surface area (Å²) in [6, 6.07) is 0. The molecular formula is C9H12BrN. The SMILES string of the molecule is NC1(C2C=C(Br)C=CC2)CC1. The van der Waals surface area contributed by atoms with Gasteiger partial charge in [-0.2, -0.15) is 0 Å². The van der Waals surface area contributed by atoms with E-state index < -0.39 is 0 Å². The van der Waals surface area contributed by atoms with Crippen molar-refractivity contribution in [3.05, 3.63) is 22.7 Å². The van der Waals surface area contributed by atoms with E-state index in [9.17, 15) is 0 Å². The molecule has 2 N–H and O–H groups in total. The van der Waals surface area contributed by atoms with Crippen molar-refractivity contribution < 1.29 is 0 Å². The second-order valence-electron chi connectivity index (χ2n) is 3.53. The molecule has 0 heterocycles. The zero-order valence-corrected chi connectivity index (χ0v) is 7.97. The third-order valence-electron chi connectivity index (χ3n) is 2.59. The van der Waals surface area contributed by atoms with Crippen molar-refractivity contribution in [1.82, 2.24) is 0 Å². The second-order valence-corrected chi connectivity index (χ2v) is 4.44. The van der Waals surface area contributed by atoms with Crippen molar-refractivity contribution >= 4 is 15.9 Å². The van der Waals surface area contributed by atoms with Crippen LogP contribution in [0.2, 0.25) is 0 Å². The van der Waals surface area contributed by atoms with Crippen LogP contribution in [-0.2, 0) is 0 Å². The van der Waals surface area contributed by atoms with Gasteiger partial charge in [-0.25, -0.2) is 0 Å². The van der Waals surface area contributed by atoms with Gasteiger partial charge in [0.2, 0.25) is 0 Å². The summed E-state index contributed by atoms with van der Waals surface area (Å²) < 4.78 is 1.19. The molecule has 1 nitrogen and oxygen atoms in total. The van der Waals surface area contributed by atoms with Gasteiger partial charge in [-0.05, 0) is 25.2 Å². The molecule has 2 aliphatic rings. The van der Waals surface area contributed by atoms with Gasteiger partial charge in [-0.3, -0.25) is 0 Å². The molecule has 2 heteroatoms. The molecule has 1 atom stereocenters. The number of hydrogen-bond donors (Lipinski definition) is 1. The van der Waals surface area contributed by atoms with Gasteiger partial charge in [0.1, 0.15) is 0 Å². The van der Waals surface area contributed by atoms with Gasteiger partial charge in [0.15, 0.2) is 0 Å². The lowest BCUT2D eigenvalue weighted by Crippen LogP contribution is -2.31. The smallest absolute Gasteiger partial charge is 0.0222 e. The Bertz CT molecular complexity index is 226. The molecule has 0 aromatic rings. The Morgan fingerprint density at radius 2 is 2.27 bits per heavy atom. The molecule has 0 amide bonds. The predicted molar refractivity (Wildman–Crippen MR) is 50.4 cm³/mol. The minimum atomic E-state index is 0.143. The molecule has 2 rings (SSSR count). The molecule has 0 aromatic carbocycles. The van der Waals surface area contributed by atoms with E-state index in [1.165, 1.54) is 17.3 Å². The van der Waals surface area contributed by atoms with E-state index in [0.717, 1.165) is 6.42 Å². The van der Waals surface area contributed by atoms with E-state index in [4.69, 9.17) is 5.73 Å². The largest absolute Gasteiger partial charge is 0.325 e. The standard InChI is InChI=1S/C9H12BrN/c10-8-3-1-2-7(6-8)9(11)4-5-9/h1,3,6-7H,2,4-5,11H2. The first-order valence-corrected chi connectivity index (χ1v) is 4.83. The van der Waals surface area contributed by atoms with Crippen molar-refractivity contribution in [3.8, 4) is 0 Å². The fourth-order valence-corrected chi connectivity index (χ4v) is 2.06. The van der Waals surface area contributed by atoms with Gasteiger partial charge < -0.3 is 5.73 Å². The molecular weight excluding hydrogens is 202 g/mol. The van der Waals surface area contributed by atoms with Crippen molar-refractivity contribution in [2.45, 2.75) is 24.8 Å². The lowest BCUT2D eigenvalue weighted by molar-refractivity contribution is 0.488. The quantitative estimate of drug-likeness (QED) is 0.712. The monoisotopic (exact) mass is 213 g/mol. The van der Waals surface area contributed by atoms with Gasteiger partial charge >= 0.3 is 0 Å². The third kappa shape index (κ3) is 1.42. The first kappa shape index (κ1) is 7.56. The summed E-state index contributed by atoms with van der Waals surface area (Å²) in [6.45, 7) is 0. The van der Waals surface area contributed by atoms with Crippen LogP contribution in [0.1, 0.15) is 19.3 Å². The summed E-state index contributed by atoms with van der Waals surface area (Å²) in [6.07, 6.45) is 10.0. The van der Waals surface area contributed by atoms with Crippen LogP contribution < -0.4 is 5.73 Å². The molecule has 1 fully saturated rings. The Morgan fingerprint density at radius 3 is 2.82 bits per heavy atom. The summed E-state index contributed by atoms with van der Waals surface area (Å²) >= 11 is 3.47. The van der Waals surface area contributed by atoms with Crippen LogP contribution in [-0.4, -0.2) is 5.54 Å². The molecule has 0 aliphatic heterocycles. The molecule has 60 valence electrons. The van der Waals surface area contributed by atoms with Crippen LogP contribution in [0.5, 0.6) is 0 Å². The maximum absolute atomic E-state index is 6.08. The normalized spacial score (nSPS) is 33.3. The molecule has 0 spiro atoms. The van der Waals surface area contributed by atoms with Gasteiger partial charge in [-0.15, -0.1) is 0 Å². The molecule has 2 aliphatic carbocycles. The number of hydrogen-bond acceptors (Lipinski definition) is 1. The Morgan fingerprint density at radius 1 is 1.55 bits per heavy atom. The average molecular weight is 214 g/mol. The van der Waals surface area contributed by atoms with Gasteiger partial charge in [0, 0.05) is 10.0 Å². The Kier molecular flexibility index (Phi) is 1.69. The molecule has 0 aromatic heterocycles. The van der Waals surface area contributed by atoms with Crippen LogP contribution in [0.4, 0.5) is 0 Å². The van der Waals surface area contributed by atoms with E-state index in [1.807, 2.05) is 0 Å². The maximum atomic E-state index is 6.08. The van der Waals surface area contributed by atoms with Crippen molar-refractivity contribution in [2.24, 2.45) is 11.7 Å². The Hall–Kier alpha value is -0.0800. The van der Waals surface area contributed by atoms with E-state index >= 15 is 0 Å². The lowest BCUT2D eigenvalue weighted by Gasteiger charge is -2.20. The summed E-state index contributed by atoms with van der Waals surface area (Å²) in [7, 11) is 0. The first-order valence-electron chi connectivity index (χ1n) is 4.03. The van der Waals surface area contributed by atoms with Crippen molar-refractivity contribution in [3.63, 3.8) is 0 Å². The first-order chi connectivity index (χ1) is 5.21. The Balaban J connectivity index is 2.12. The summed E-state index contributed by atoms with van der Waals surface area (Å²) in [5, 5.41) is 0. The molecule has 0 radical (unpaired) electrons. The van der Waals surface area contributed by atoms with E-state index in [-0.39, 0.29) is 5.54 Å². The highest BCUT2D eigenvalue weighted by atomic mass is 79.9. The summed E-state index contributed by atoms with van der Waals surface area (Å²) in [5.41, 5.74) is 6.23. The number of rotatable bonds is 1. The minimum Gasteiger partial charge on any atom is -0.325 e. The van der Waals surface area contributed by atoms with Gasteiger partial charge in [0.25, 0.3) is 0 Å². The van der Waals surface area contributed by atoms with Crippen LogP contribution in [0.15, 0.2) is 22.7 Å². The third-order valence-corrected chi connectivity index (χ3v) is 3.12.